The molecule has 0 radical (unpaired) electrons. The maximum Gasteiger partial charge on any atom is 0.269 e. The fourth-order valence-corrected chi connectivity index (χ4v) is 3.24. The standard InChI is InChI=1S/C22H16N6O2/c29-28(30)19-13-11-18(12-14-19)27-22-23-20(16-7-3-1-4-8-16)15-26(22)24-21(25-27)17-9-5-2-6-10-17/h1-15H,(H,24,25). The van der Waals surface area contributed by atoms with Gasteiger partial charge < -0.3 is 0 Å². The number of aromatic nitrogens is 2. The van der Waals surface area contributed by atoms with Crippen LogP contribution in [0.4, 0.5) is 17.3 Å². The van der Waals surface area contributed by atoms with Gasteiger partial charge in [0.15, 0.2) is 5.84 Å². The molecule has 2 heterocycles. The van der Waals surface area contributed by atoms with Crippen LogP contribution in [0.25, 0.3) is 11.3 Å². The lowest BCUT2D eigenvalue weighted by Gasteiger charge is -2.26. The van der Waals surface area contributed by atoms with Crippen molar-refractivity contribution in [3.63, 3.8) is 0 Å². The van der Waals surface area contributed by atoms with Gasteiger partial charge in [-0.3, -0.25) is 15.5 Å². The van der Waals surface area contributed by atoms with Crippen molar-refractivity contribution >= 4 is 23.2 Å². The van der Waals surface area contributed by atoms with Crippen LogP contribution in [0.15, 0.2) is 96.2 Å². The van der Waals surface area contributed by atoms with Crippen LogP contribution >= 0.6 is 0 Å². The first-order chi connectivity index (χ1) is 14.7. The monoisotopic (exact) mass is 396 g/mol. The Morgan fingerprint density at radius 3 is 2.10 bits per heavy atom. The summed E-state index contributed by atoms with van der Waals surface area (Å²) in [6.07, 6.45) is 1.90. The number of hydrogen-bond donors (Lipinski definition) is 1. The minimum atomic E-state index is -0.422. The Labute approximate surface area is 171 Å². The summed E-state index contributed by atoms with van der Waals surface area (Å²) < 4.78 is 1.80. The lowest BCUT2D eigenvalue weighted by molar-refractivity contribution is -0.384. The smallest absolute Gasteiger partial charge is 0.269 e. The van der Waals surface area contributed by atoms with E-state index >= 15 is 0 Å². The number of hydrogen-bond acceptors (Lipinski definition) is 6. The fourth-order valence-electron chi connectivity index (χ4n) is 3.24. The highest BCUT2D eigenvalue weighted by molar-refractivity contribution is 6.06. The molecule has 0 fully saturated rings. The van der Waals surface area contributed by atoms with Crippen molar-refractivity contribution in [2.45, 2.75) is 0 Å². The van der Waals surface area contributed by atoms with Crippen LogP contribution in [-0.2, 0) is 0 Å². The van der Waals surface area contributed by atoms with Crippen molar-refractivity contribution in [1.29, 1.82) is 0 Å². The Kier molecular flexibility index (Phi) is 4.21. The first-order valence-corrected chi connectivity index (χ1v) is 9.29. The van der Waals surface area contributed by atoms with Gasteiger partial charge in [-0.25, -0.2) is 9.66 Å². The molecule has 0 saturated heterocycles. The number of benzene rings is 3. The predicted molar refractivity (Wildman–Crippen MR) is 115 cm³/mol. The molecule has 1 aliphatic rings. The summed E-state index contributed by atoms with van der Waals surface area (Å²) in [6, 6.07) is 25.8. The third-order valence-corrected chi connectivity index (χ3v) is 4.72. The number of hydrazone groups is 1. The highest BCUT2D eigenvalue weighted by Crippen LogP contribution is 2.31. The molecule has 0 unspecified atom stereocenters. The fraction of sp³-hybridized carbons (Fsp3) is 0. The van der Waals surface area contributed by atoms with Crippen molar-refractivity contribution in [2.24, 2.45) is 5.10 Å². The molecule has 146 valence electrons. The number of anilines is 2. The SMILES string of the molecule is O=[N+]([O-])c1ccc(N2N=C(c3ccccc3)Nn3cc(-c4ccccc4)nc32)cc1. The summed E-state index contributed by atoms with van der Waals surface area (Å²) in [4.78, 5) is 15.4. The van der Waals surface area contributed by atoms with E-state index in [0.717, 1.165) is 16.8 Å². The Bertz CT molecular complexity index is 1230. The molecule has 30 heavy (non-hydrogen) atoms. The topological polar surface area (TPSA) is 88.6 Å². The first kappa shape index (κ1) is 17.6. The summed E-state index contributed by atoms with van der Waals surface area (Å²) >= 11 is 0. The molecule has 1 aliphatic heterocycles. The van der Waals surface area contributed by atoms with Gasteiger partial charge in [-0.2, -0.15) is 5.01 Å². The van der Waals surface area contributed by atoms with Crippen molar-refractivity contribution in [1.82, 2.24) is 9.66 Å². The highest BCUT2D eigenvalue weighted by atomic mass is 16.6. The van der Waals surface area contributed by atoms with E-state index in [9.17, 15) is 10.1 Å². The van der Waals surface area contributed by atoms with Gasteiger partial charge in [0.1, 0.15) is 0 Å². The molecule has 8 heteroatoms. The molecule has 0 spiro atoms. The molecule has 0 aliphatic carbocycles. The molecule has 0 bridgehead atoms. The lowest BCUT2D eigenvalue weighted by Crippen LogP contribution is -2.34. The van der Waals surface area contributed by atoms with Crippen molar-refractivity contribution in [2.75, 3.05) is 10.4 Å². The van der Waals surface area contributed by atoms with E-state index in [1.807, 2.05) is 66.9 Å². The van der Waals surface area contributed by atoms with Crippen LogP contribution in [0.5, 0.6) is 0 Å². The van der Waals surface area contributed by atoms with Gasteiger partial charge in [-0.05, 0) is 12.1 Å². The van der Waals surface area contributed by atoms with Gasteiger partial charge in [0, 0.05) is 23.3 Å². The minimum absolute atomic E-state index is 0.0227. The molecular formula is C22H16N6O2. The van der Waals surface area contributed by atoms with Gasteiger partial charge in [-0.1, -0.05) is 60.7 Å². The van der Waals surface area contributed by atoms with Crippen molar-refractivity contribution in [3.05, 3.63) is 107 Å². The van der Waals surface area contributed by atoms with Crippen LogP contribution in [0.3, 0.4) is 0 Å². The number of nitrogens with one attached hydrogen (secondary N) is 1. The Balaban J connectivity index is 1.62. The van der Waals surface area contributed by atoms with E-state index in [1.165, 1.54) is 12.1 Å². The molecule has 4 aromatic rings. The first-order valence-electron chi connectivity index (χ1n) is 9.29. The molecule has 3 aromatic carbocycles. The largest absolute Gasteiger partial charge is 0.273 e. The zero-order valence-electron chi connectivity index (χ0n) is 15.7. The minimum Gasteiger partial charge on any atom is -0.273 e. The van der Waals surface area contributed by atoms with Crippen LogP contribution in [0, 0.1) is 10.1 Å². The molecule has 0 saturated carbocycles. The second-order valence-electron chi connectivity index (χ2n) is 6.67. The molecule has 0 amide bonds. The Morgan fingerprint density at radius 2 is 1.47 bits per heavy atom. The lowest BCUT2D eigenvalue weighted by atomic mass is 10.2. The normalized spacial score (nSPS) is 12.7. The quantitative estimate of drug-likeness (QED) is 0.405. The van der Waals surface area contributed by atoms with E-state index in [1.54, 1.807) is 21.8 Å². The number of imidazole rings is 1. The van der Waals surface area contributed by atoms with Gasteiger partial charge in [0.2, 0.25) is 0 Å². The maximum absolute atomic E-state index is 11.0. The number of non-ortho nitro benzene ring substituents is 1. The van der Waals surface area contributed by atoms with Crippen LogP contribution in [-0.4, -0.2) is 20.4 Å². The zero-order chi connectivity index (χ0) is 20.5. The maximum atomic E-state index is 11.0. The van der Waals surface area contributed by atoms with E-state index in [2.05, 4.69) is 5.43 Å². The molecule has 5 rings (SSSR count). The number of fused-ring (bicyclic) bond motifs is 1. The Morgan fingerprint density at radius 1 is 0.833 bits per heavy atom. The average molecular weight is 396 g/mol. The highest BCUT2D eigenvalue weighted by Gasteiger charge is 2.24. The molecule has 1 aromatic heterocycles. The summed E-state index contributed by atoms with van der Waals surface area (Å²) in [5, 5.41) is 17.4. The van der Waals surface area contributed by atoms with Gasteiger partial charge in [-0.15, -0.1) is 5.10 Å². The van der Waals surface area contributed by atoms with Crippen molar-refractivity contribution in [3.8, 4) is 11.3 Å². The van der Waals surface area contributed by atoms with Gasteiger partial charge in [0.05, 0.1) is 22.5 Å². The van der Waals surface area contributed by atoms with Crippen LogP contribution in [0.2, 0.25) is 0 Å². The number of nitro benzene ring substituents is 1. The summed E-state index contributed by atoms with van der Waals surface area (Å²) in [5.74, 6) is 1.20. The molecular weight excluding hydrogens is 380 g/mol. The van der Waals surface area contributed by atoms with E-state index < -0.39 is 4.92 Å². The van der Waals surface area contributed by atoms with Crippen LogP contribution < -0.4 is 10.4 Å². The zero-order valence-corrected chi connectivity index (χ0v) is 15.7. The third kappa shape index (κ3) is 3.16. The molecule has 0 atom stereocenters. The van der Waals surface area contributed by atoms with Crippen molar-refractivity contribution < 1.29 is 4.92 Å². The number of amidine groups is 1. The van der Waals surface area contributed by atoms with E-state index in [-0.39, 0.29) is 5.69 Å². The molecule has 8 nitrogen and oxygen atoms in total. The second kappa shape index (κ2) is 7.17. The van der Waals surface area contributed by atoms with E-state index in [4.69, 9.17) is 10.1 Å². The second-order valence-corrected chi connectivity index (χ2v) is 6.67. The summed E-state index contributed by atoms with van der Waals surface area (Å²) in [5.41, 5.74) is 6.65. The molecule has 1 N–H and O–H groups in total. The van der Waals surface area contributed by atoms with Crippen LogP contribution in [0.1, 0.15) is 5.56 Å². The van der Waals surface area contributed by atoms with Gasteiger partial charge >= 0.3 is 0 Å². The van der Waals surface area contributed by atoms with E-state index in [0.29, 0.717) is 17.5 Å². The number of rotatable bonds is 4. The number of nitrogens with zero attached hydrogens (tertiary/aromatic N) is 5. The Hall–Kier alpha value is -4.46. The predicted octanol–water partition coefficient (Wildman–Crippen LogP) is 4.52. The third-order valence-electron chi connectivity index (χ3n) is 4.72. The summed E-state index contributed by atoms with van der Waals surface area (Å²) in [7, 11) is 0. The van der Waals surface area contributed by atoms with Gasteiger partial charge in [0.25, 0.3) is 11.6 Å². The summed E-state index contributed by atoms with van der Waals surface area (Å²) in [6.45, 7) is 0. The number of nitro groups is 1. The average Bonchev–Trinajstić information content (AvgIpc) is 3.24.